The lowest BCUT2D eigenvalue weighted by Crippen LogP contribution is -2.28. The van der Waals surface area contributed by atoms with E-state index in [2.05, 4.69) is 20.5 Å². The van der Waals surface area contributed by atoms with Crippen molar-refractivity contribution in [3.8, 4) is 0 Å². The van der Waals surface area contributed by atoms with E-state index in [9.17, 15) is 9.18 Å². The largest absolute Gasteiger partial charge is 0.355 e. The van der Waals surface area contributed by atoms with E-state index in [1.165, 1.54) is 17.8 Å². The van der Waals surface area contributed by atoms with Crippen LogP contribution in [0.25, 0.3) is 22.1 Å². The predicted octanol–water partition coefficient (Wildman–Crippen LogP) is 4.03. The maximum Gasteiger partial charge on any atom is 0.230 e. The zero-order chi connectivity index (χ0) is 21.1. The molecule has 0 bridgehead atoms. The van der Waals surface area contributed by atoms with Crippen LogP contribution in [0.2, 0.25) is 0 Å². The van der Waals surface area contributed by atoms with Gasteiger partial charge in [-0.25, -0.2) is 9.37 Å². The molecule has 4 aromatic rings. The third-order valence-electron chi connectivity index (χ3n) is 4.68. The molecule has 0 fully saturated rings. The fourth-order valence-electron chi connectivity index (χ4n) is 3.21. The molecular formula is C22H22FN5OS. The predicted molar refractivity (Wildman–Crippen MR) is 117 cm³/mol. The van der Waals surface area contributed by atoms with Gasteiger partial charge in [0.15, 0.2) is 5.65 Å². The number of amides is 1. The topological polar surface area (TPSA) is 72.7 Å². The van der Waals surface area contributed by atoms with Crippen molar-refractivity contribution in [2.75, 3.05) is 12.3 Å². The maximum absolute atomic E-state index is 14.3. The summed E-state index contributed by atoms with van der Waals surface area (Å²) < 4.78 is 16.2. The molecule has 30 heavy (non-hydrogen) atoms. The number of carbonyl (C=O) groups excluding carboxylic acids is 1. The van der Waals surface area contributed by atoms with Gasteiger partial charge in [0, 0.05) is 17.5 Å². The molecule has 4 rings (SSSR count). The third-order valence-corrected chi connectivity index (χ3v) is 5.52. The first-order chi connectivity index (χ1) is 14.5. The van der Waals surface area contributed by atoms with Gasteiger partial charge >= 0.3 is 0 Å². The van der Waals surface area contributed by atoms with Crippen LogP contribution in [-0.2, 0) is 11.3 Å². The first kappa shape index (κ1) is 20.3. The smallest absolute Gasteiger partial charge is 0.230 e. The molecule has 2 heterocycles. The van der Waals surface area contributed by atoms with Crippen molar-refractivity contribution in [1.29, 1.82) is 0 Å². The van der Waals surface area contributed by atoms with Gasteiger partial charge in [-0.3, -0.25) is 4.79 Å². The Hall–Kier alpha value is -3.00. The zero-order valence-corrected chi connectivity index (χ0v) is 17.6. The molecule has 0 atom stereocenters. The van der Waals surface area contributed by atoms with Crippen molar-refractivity contribution in [2.45, 2.75) is 25.5 Å². The molecule has 6 nitrogen and oxygen atoms in total. The Morgan fingerprint density at radius 2 is 1.90 bits per heavy atom. The number of para-hydroxylation sites is 1. The second-order valence-electron chi connectivity index (χ2n) is 7.45. The molecule has 1 amide bonds. The maximum atomic E-state index is 14.3. The highest BCUT2D eigenvalue weighted by atomic mass is 32.2. The Labute approximate surface area is 177 Å². The van der Waals surface area contributed by atoms with E-state index in [0.29, 0.717) is 40.9 Å². The van der Waals surface area contributed by atoms with E-state index in [0.717, 1.165) is 10.9 Å². The summed E-state index contributed by atoms with van der Waals surface area (Å²) in [5, 5.41) is 12.8. The van der Waals surface area contributed by atoms with E-state index in [4.69, 9.17) is 0 Å². The number of hydrogen-bond donors (Lipinski definition) is 1. The van der Waals surface area contributed by atoms with Crippen molar-refractivity contribution in [2.24, 2.45) is 5.92 Å². The minimum Gasteiger partial charge on any atom is -0.355 e. The van der Waals surface area contributed by atoms with Crippen LogP contribution in [0.1, 0.15) is 19.4 Å². The number of fused-ring (bicyclic) bond motifs is 3. The van der Waals surface area contributed by atoms with Crippen LogP contribution < -0.4 is 5.32 Å². The van der Waals surface area contributed by atoms with Gasteiger partial charge in [-0.2, -0.15) is 0 Å². The van der Waals surface area contributed by atoms with E-state index < -0.39 is 0 Å². The van der Waals surface area contributed by atoms with Gasteiger partial charge in [0.1, 0.15) is 11.3 Å². The fourth-order valence-corrected chi connectivity index (χ4v) is 3.82. The molecule has 0 aliphatic heterocycles. The average molecular weight is 424 g/mol. The van der Waals surface area contributed by atoms with Crippen LogP contribution in [0.5, 0.6) is 0 Å². The molecule has 8 heteroatoms. The van der Waals surface area contributed by atoms with Crippen molar-refractivity contribution >= 4 is 39.7 Å². The van der Waals surface area contributed by atoms with Crippen molar-refractivity contribution in [1.82, 2.24) is 25.1 Å². The van der Waals surface area contributed by atoms with Crippen molar-refractivity contribution in [3.05, 3.63) is 59.9 Å². The quantitative estimate of drug-likeness (QED) is 0.455. The Kier molecular flexibility index (Phi) is 5.94. The monoisotopic (exact) mass is 423 g/mol. The normalized spacial score (nSPS) is 11.5. The van der Waals surface area contributed by atoms with Gasteiger partial charge in [0.2, 0.25) is 11.1 Å². The number of hydrogen-bond acceptors (Lipinski definition) is 5. The SMILES string of the molecule is CC(C)CNC(=O)CSc1nnc2c3ccccc3n(Cc3ccccc3F)c2n1. The van der Waals surface area contributed by atoms with Crippen LogP contribution in [0.15, 0.2) is 53.7 Å². The number of nitrogens with zero attached hydrogens (tertiary/aromatic N) is 4. The Bertz CT molecular complexity index is 1210. The summed E-state index contributed by atoms with van der Waals surface area (Å²) in [6, 6.07) is 14.5. The lowest BCUT2D eigenvalue weighted by Gasteiger charge is -2.08. The van der Waals surface area contributed by atoms with Gasteiger partial charge in [-0.15, -0.1) is 10.2 Å². The highest BCUT2D eigenvalue weighted by Gasteiger charge is 2.16. The Balaban J connectivity index is 1.67. The molecule has 0 saturated carbocycles. The summed E-state index contributed by atoms with van der Waals surface area (Å²) in [7, 11) is 0. The molecule has 0 unspecified atom stereocenters. The number of aromatic nitrogens is 4. The Morgan fingerprint density at radius 3 is 2.70 bits per heavy atom. The van der Waals surface area contributed by atoms with Crippen molar-refractivity contribution < 1.29 is 9.18 Å². The van der Waals surface area contributed by atoms with Crippen molar-refractivity contribution in [3.63, 3.8) is 0 Å². The van der Waals surface area contributed by atoms with Gasteiger partial charge in [-0.05, 0) is 18.1 Å². The average Bonchev–Trinajstić information content (AvgIpc) is 3.05. The second-order valence-corrected chi connectivity index (χ2v) is 8.39. The standard InChI is InChI=1S/C22H22FN5OS/c1-14(2)11-24-19(29)13-30-22-25-21-20(26-27-22)16-8-4-6-10-18(16)28(21)12-15-7-3-5-9-17(15)23/h3-10,14H,11-13H2,1-2H3,(H,24,29). The third kappa shape index (κ3) is 4.28. The molecule has 0 aliphatic carbocycles. The van der Waals surface area contributed by atoms with Gasteiger partial charge in [0.25, 0.3) is 0 Å². The molecule has 0 spiro atoms. The zero-order valence-electron chi connectivity index (χ0n) is 16.8. The van der Waals surface area contributed by atoms with Gasteiger partial charge in [0.05, 0.1) is 17.8 Å². The van der Waals surface area contributed by atoms with E-state index >= 15 is 0 Å². The van der Waals surface area contributed by atoms with Crippen LogP contribution in [-0.4, -0.2) is 38.0 Å². The van der Waals surface area contributed by atoms with Crippen LogP contribution in [0.3, 0.4) is 0 Å². The van der Waals surface area contributed by atoms with Gasteiger partial charge < -0.3 is 9.88 Å². The summed E-state index contributed by atoms with van der Waals surface area (Å²) in [6.07, 6.45) is 0. The summed E-state index contributed by atoms with van der Waals surface area (Å²) in [4.78, 5) is 16.7. The number of halogens is 1. The molecule has 2 aromatic carbocycles. The highest BCUT2D eigenvalue weighted by Crippen LogP contribution is 2.28. The summed E-state index contributed by atoms with van der Waals surface area (Å²) in [6.45, 7) is 5.05. The molecule has 0 aliphatic rings. The fraction of sp³-hybridized carbons (Fsp3) is 0.273. The minimum atomic E-state index is -0.262. The second kappa shape index (κ2) is 8.79. The first-order valence-corrected chi connectivity index (χ1v) is 10.8. The number of thioether (sulfide) groups is 1. The molecule has 154 valence electrons. The van der Waals surface area contributed by atoms with Crippen LogP contribution in [0, 0.1) is 11.7 Å². The van der Waals surface area contributed by atoms with E-state index in [1.807, 2.05) is 48.7 Å². The number of benzene rings is 2. The molecule has 0 radical (unpaired) electrons. The molecular weight excluding hydrogens is 401 g/mol. The summed E-state index contributed by atoms with van der Waals surface area (Å²) in [5.74, 6) is 0.279. The first-order valence-electron chi connectivity index (χ1n) is 9.77. The minimum absolute atomic E-state index is 0.0655. The van der Waals surface area contributed by atoms with Crippen LogP contribution in [0.4, 0.5) is 4.39 Å². The molecule has 0 saturated heterocycles. The van der Waals surface area contributed by atoms with Crippen LogP contribution >= 0.6 is 11.8 Å². The number of nitrogens with one attached hydrogen (secondary N) is 1. The lowest BCUT2D eigenvalue weighted by atomic mass is 10.2. The lowest BCUT2D eigenvalue weighted by molar-refractivity contribution is -0.118. The molecule has 1 N–H and O–H groups in total. The number of rotatable bonds is 7. The van der Waals surface area contributed by atoms with E-state index in [-0.39, 0.29) is 17.5 Å². The summed E-state index contributed by atoms with van der Waals surface area (Å²) in [5.41, 5.74) is 2.77. The van der Waals surface area contributed by atoms with Gasteiger partial charge in [-0.1, -0.05) is 62.0 Å². The number of carbonyl (C=O) groups is 1. The molecule has 2 aromatic heterocycles. The highest BCUT2D eigenvalue weighted by molar-refractivity contribution is 7.99. The van der Waals surface area contributed by atoms with E-state index in [1.54, 1.807) is 12.1 Å². The Morgan fingerprint density at radius 1 is 1.13 bits per heavy atom. The summed E-state index contributed by atoms with van der Waals surface area (Å²) >= 11 is 1.24.